The van der Waals surface area contributed by atoms with Gasteiger partial charge in [0.2, 0.25) is 5.91 Å². The summed E-state index contributed by atoms with van der Waals surface area (Å²) in [6.07, 6.45) is 2.54. The number of aryl methyl sites for hydroxylation is 1. The van der Waals surface area contributed by atoms with Gasteiger partial charge in [-0.25, -0.2) is 4.39 Å². The molecule has 0 radical (unpaired) electrons. The van der Waals surface area contributed by atoms with E-state index in [-0.39, 0.29) is 30.2 Å². The van der Waals surface area contributed by atoms with E-state index in [0.717, 1.165) is 24.9 Å². The fourth-order valence-corrected chi connectivity index (χ4v) is 2.14. The number of para-hydroxylation sites is 1. The van der Waals surface area contributed by atoms with Gasteiger partial charge in [-0.3, -0.25) is 4.79 Å². The topological polar surface area (TPSA) is 41.1 Å². The summed E-state index contributed by atoms with van der Waals surface area (Å²) in [6.45, 7) is 2.75. The van der Waals surface area contributed by atoms with Gasteiger partial charge in [0.05, 0.1) is 5.69 Å². The lowest BCUT2D eigenvalue weighted by Crippen LogP contribution is -2.27. The van der Waals surface area contributed by atoms with Crippen LogP contribution < -0.4 is 10.6 Å². The average Bonchev–Trinajstić information content (AvgIpc) is 2.76. The quantitative estimate of drug-likeness (QED) is 0.888. The largest absolute Gasteiger partial charge is 0.323 e. The second kappa shape index (κ2) is 6.71. The van der Waals surface area contributed by atoms with Crippen molar-refractivity contribution < 1.29 is 9.18 Å². The maximum Gasteiger partial charge on any atom is 0.226 e. The molecule has 1 atom stereocenters. The van der Waals surface area contributed by atoms with Gasteiger partial charge in [-0.15, -0.1) is 12.4 Å². The number of rotatable bonds is 3. The number of amides is 1. The lowest BCUT2D eigenvalue weighted by Gasteiger charge is -2.12. The minimum Gasteiger partial charge on any atom is -0.323 e. The highest BCUT2D eigenvalue weighted by Crippen LogP contribution is 2.19. The standard InChI is InChI=1S/C13H17FN2O.ClH/c1-9-4-2-6-11(14)13(9)16-12(17)8-10-5-3-7-15-10;/h2,4,6,10,15H,3,5,7-8H2,1H3,(H,16,17);1H. The zero-order valence-electron chi connectivity index (χ0n) is 10.3. The summed E-state index contributed by atoms with van der Waals surface area (Å²) in [7, 11) is 0. The molecule has 3 nitrogen and oxygen atoms in total. The van der Waals surface area contributed by atoms with Gasteiger partial charge in [0, 0.05) is 12.5 Å². The molecule has 0 saturated carbocycles. The molecule has 0 spiro atoms. The molecule has 100 valence electrons. The van der Waals surface area contributed by atoms with Crippen LogP contribution in [-0.2, 0) is 4.79 Å². The predicted octanol–water partition coefficient (Wildman–Crippen LogP) is 2.64. The van der Waals surface area contributed by atoms with E-state index in [4.69, 9.17) is 0 Å². The van der Waals surface area contributed by atoms with Crippen molar-refractivity contribution in [3.63, 3.8) is 0 Å². The summed E-state index contributed by atoms with van der Waals surface area (Å²) >= 11 is 0. The third-order valence-electron chi connectivity index (χ3n) is 3.08. The first-order valence-electron chi connectivity index (χ1n) is 5.95. The Kier molecular flexibility index (Phi) is 5.56. The predicted molar refractivity (Wildman–Crippen MR) is 72.7 cm³/mol. The monoisotopic (exact) mass is 272 g/mol. The van der Waals surface area contributed by atoms with E-state index >= 15 is 0 Å². The third kappa shape index (κ3) is 3.68. The first-order valence-corrected chi connectivity index (χ1v) is 5.95. The molecule has 0 aromatic heterocycles. The van der Waals surface area contributed by atoms with E-state index in [1.807, 2.05) is 0 Å². The van der Waals surface area contributed by atoms with E-state index in [1.54, 1.807) is 19.1 Å². The van der Waals surface area contributed by atoms with E-state index in [9.17, 15) is 9.18 Å². The summed E-state index contributed by atoms with van der Waals surface area (Å²) < 4.78 is 13.5. The summed E-state index contributed by atoms with van der Waals surface area (Å²) in [5.41, 5.74) is 1.05. The van der Waals surface area contributed by atoms with Crippen LogP contribution in [0.25, 0.3) is 0 Å². The molecule has 1 saturated heterocycles. The SMILES string of the molecule is Cc1cccc(F)c1NC(=O)CC1CCCN1.Cl. The Labute approximate surface area is 113 Å². The van der Waals surface area contributed by atoms with Crippen molar-refractivity contribution in [1.29, 1.82) is 0 Å². The number of carbonyl (C=O) groups excluding carboxylic acids is 1. The van der Waals surface area contributed by atoms with Gasteiger partial charge >= 0.3 is 0 Å². The molecule has 1 fully saturated rings. The lowest BCUT2D eigenvalue weighted by atomic mass is 10.1. The Morgan fingerprint density at radius 1 is 1.56 bits per heavy atom. The molecule has 5 heteroatoms. The third-order valence-corrected chi connectivity index (χ3v) is 3.08. The van der Waals surface area contributed by atoms with Crippen molar-refractivity contribution in [3.8, 4) is 0 Å². The molecule has 1 aliphatic heterocycles. The molecule has 1 aliphatic rings. The van der Waals surface area contributed by atoms with Gasteiger partial charge in [0.25, 0.3) is 0 Å². The highest BCUT2D eigenvalue weighted by atomic mass is 35.5. The fourth-order valence-electron chi connectivity index (χ4n) is 2.14. The Balaban J connectivity index is 0.00000162. The summed E-state index contributed by atoms with van der Waals surface area (Å²) in [5.74, 6) is -0.504. The van der Waals surface area contributed by atoms with E-state index in [0.29, 0.717) is 12.1 Å². The second-order valence-electron chi connectivity index (χ2n) is 4.48. The van der Waals surface area contributed by atoms with Gasteiger partial charge < -0.3 is 10.6 Å². The summed E-state index contributed by atoms with van der Waals surface area (Å²) in [6, 6.07) is 5.02. The van der Waals surface area contributed by atoms with Gasteiger partial charge in [-0.1, -0.05) is 12.1 Å². The Hall–Kier alpha value is -1.13. The number of carbonyl (C=O) groups is 1. The van der Waals surface area contributed by atoms with Crippen molar-refractivity contribution in [1.82, 2.24) is 5.32 Å². The molecule has 1 aromatic carbocycles. The molecule has 2 N–H and O–H groups in total. The van der Waals surface area contributed by atoms with Crippen LogP contribution in [0.4, 0.5) is 10.1 Å². The Morgan fingerprint density at radius 3 is 2.94 bits per heavy atom. The molecule has 18 heavy (non-hydrogen) atoms. The first-order chi connectivity index (χ1) is 8.16. The molecule has 0 aliphatic carbocycles. The Morgan fingerprint density at radius 2 is 2.33 bits per heavy atom. The highest BCUT2D eigenvalue weighted by Gasteiger charge is 2.18. The van der Waals surface area contributed by atoms with Crippen molar-refractivity contribution in [3.05, 3.63) is 29.6 Å². The minimum absolute atomic E-state index is 0. The number of hydrogen-bond donors (Lipinski definition) is 2. The van der Waals surface area contributed by atoms with Crippen LogP contribution in [0.1, 0.15) is 24.8 Å². The molecule has 0 bridgehead atoms. The molecular weight excluding hydrogens is 255 g/mol. The molecular formula is C13H18ClFN2O. The zero-order chi connectivity index (χ0) is 12.3. The van der Waals surface area contributed by atoms with Crippen molar-refractivity contribution >= 4 is 24.0 Å². The van der Waals surface area contributed by atoms with Gasteiger partial charge in [-0.05, 0) is 37.9 Å². The van der Waals surface area contributed by atoms with E-state index in [2.05, 4.69) is 10.6 Å². The average molecular weight is 273 g/mol. The first kappa shape index (κ1) is 14.9. The van der Waals surface area contributed by atoms with Crippen LogP contribution >= 0.6 is 12.4 Å². The molecule has 1 aromatic rings. The fraction of sp³-hybridized carbons (Fsp3) is 0.462. The lowest BCUT2D eigenvalue weighted by molar-refractivity contribution is -0.116. The van der Waals surface area contributed by atoms with Crippen molar-refractivity contribution in [2.24, 2.45) is 0 Å². The van der Waals surface area contributed by atoms with Crippen LogP contribution in [0.2, 0.25) is 0 Å². The van der Waals surface area contributed by atoms with Crippen LogP contribution in [0.3, 0.4) is 0 Å². The minimum atomic E-state index is -0.377. The van der Waals surface area contributed by atoms with Crippen molar-refractivity contribution in [2.45, 2.75) is 32.2 Å². The van der Waals surface area contributed by atoms with Crippen LogP contribution in [0.5, 0.6) is 0 Å². The molecule has 1 unspecified atom stereocenters. The van der Waals surface area contributed by atoms with E-state index < -0.39 is 0 Å². The number of anilines is 1. The molecule has 1 heterocycles. The zero-order valence-corrected chi connectivity index (χ0v) is 11.1. The highest BCUT2D eigenvalue weighted by molar-refractivity contribution is 5.92. The number of benzene rings is 1. The number of halogens is 2. The maximum atomic E-state index is 13.5. The smallest absolute Gasteiger partial charge is 0.226 e. The van der Waals surface area contributed by atoms with Crippen LogP contribution in [0.15, 0.2) is 18.2 Å². The molecule has 1 amide bonds. The second-order valence-corrected chi connectivity index (χ2v) is 4.48. The van der Waals surface area contributed by atoms with Gasteiger partial charge in [0.1, 0.15) is 5.82 Å². The van der Waals surface area contributed by atoms with E-state index in [1.165, 1.54) is 6.07 Å². The van der Waals surface area contributed by atoms with Gasteiger partial charge in [-0.2, -0.15) is 0 Å². The maximum absolute atomic E-state index is 13.5. The van der Waals surface area contributed by atoms with Crippen molar-refractivity contribution in [2.75, 3.05) is 11.9 Å². The normalized spacial score (nSPS) is 18.2. The molecule has 2 rings (SSSR count). The summed E-state index contributed by atoms with van der Waals surface area (Å²) in [4.78, 5) is 11.8. The van der Waals surface area contributed by atoms with Crippen LogP contribution in [0, 0.1) is 12.7 Å². The number of nitrogens with one attached hydrogen (secondary N) is 2. The number of hydrogen-bond acceptors (Lipinski definition) is 2. The van der Waals surface area contributed by atoms with Gasteiger partial charge in [0.15, 0.2) is 0 Å². The summed E-state index contributed by atoms with van der Waals surface area (Å²) in [5, 5.41) is 5.90. The Bertz CT molecular complexity index is 399. The van der Waals surface area contributed by atoms with Crippen LogP contribution in [-0.4, -0.2) is 18.5 Å².